The van der Waals surface area contributed by atoms with E-state index in [0.29, 0.717) is 19.4 Å². The van der Waals surface area contributed by atoms with Crippen molar-refractivity contribution in [2.75, 3.05) is 0 Å². The molecule has 1 aliphatic heterocycles. The summed E-state index contributed by atoms with van der Waals surface area (Å²) >= 11 is 0. The highest BCUT2D eigenvalue weighted by atomic mass is 16.2. The number of fused-ring (bicyclic) bond motifs is 1. The summed E-state index contributed by atoms with van der Waals surface area (Å²) in [5.41, 5.74) is 13.5. The van der Waals surface area contributed by atoms with Gasteiger partial charge in [-0.3, -0.25) is 9.59 Å². The predicted molar refractivity (Wildman–Crippen MR) is 76.6 cm³/mol. The summed E-state index contributed by atoms with van der Waals surface area (Å²) in [7, 11) is 0. The Kier molecular flexibility index (Phi) is 4.39. The molecule has 1 heterocycles. The largest absolute Gasteiger partial charge is 0.368 e. The van der Waals surface area contributed by atoms with E-state index in [1.165, 1.54) is 4.90 Å². The summed E-state index contributed by atoms with van der Waals surface area (Å²) < 4.78 is 0. The molecule has 0 unspecified atom stereocenters. The SMILES string of the molecule is CCC[C@H](N)C(=O)N1Cc2ccccc2C[C@@H]1C(N)=O. The van der Waals surface area contributed by atoms with E-state index in [-0.39, 0.29) is 5.91 Å². The zero-order valence-corrected chi connectivity index (χ0v) is 11.7. The van der Waals surface area contributed by atoms with Gasteiger partial charge in [-0.1, -0.05) is 37.6 Å². The minimum atomic E-state index is -0.597. The molecule has 1 aromatic carbocycles. The number of primary amides is 1. The van der Waals surface area contributed by atoms with Gasteiger partial charge >= 0.3 is 0 Å². The van der Waals surface area contributed by atoms with Gasteiger partial charge in [0.1, 0.15) is 6.04 Å². The fourth-order valence-electron chi connectivity index (χ4n) is 2.66. The smallest absolute Gasteiger partial charge is 0.240 e. The van der Waals surface area contributed by atoms with Crippen LogP contribution in [0.25, 0.3) is 0 Å². The van der Waals surface area contributed by atoms with E-state index in [0.717, 1.165) is 17.5 Å². The molecule has 0 radical (unpaired) electrons. The number of hydrogen-bond donors (Lipinski definition) is 2. The summed E-state index contributed by atoms with van der Waals surface area (Å²) in [6.07, 6.45) is 1.91. The maximum atomic E-state index is 12.4. The Labute approximate surface area is 118 Å². The summed E-state index contributed by atoms with van der Waals surface area (Å²) in [5, 5.41) is 0. The molecule has 108 valence electrons. The summed E-state index contributed by atoms with van der Waals surface area (Å²) in [5.74, 6) is -0.665. The number of hydrogen-bond acceptors (Lipinski definition) is 3. The molecule has 20 heavy (non-hydrogen) atoms. The van der Waals surface area contributed by atoms with E-state index in [4.69, 9.17) is 11.5 Å². The number of nitrogens with zero attached hydrogens (tertiary/aromatic N) is 1. The van der Waals surface area contributed by atoms with Gasteiger partial charge in [-0.25, -0.2) is 0 Å². The monoisotopic (exact) mass is 275 g/mol. The van der Waals surface area contributed by atoms with Crippen molar-refractivity contribution in [1.29, 1.82) is 0 Å². The van der Waals surface area contributed by atoms with Crippen LogP contribution in [-0.2, 0) is 22.6 Å². The van der Waals surface area contributed by atoms with Crippen molar-refractivity contribution in [2.24, 2.45) is 11.5 Å². The lowest BCUT2D eigenvalue weighted by molar-refractivity contribution is -0.141. The quantitative estimate of drug-likeness (QED) is 0.841. The fraction of sp³-hybridized carbons (Fsp3) is 0.467. The summed E-state index contributed by atoms with van der Waals surface area (Å²) in [6.45, 7) is 2.38. The second-order valence-electron chi connectivity index (χ2n) is 5.25. The van der Waals surface area contributed by atoms with E-state index in [9.17, 15) is 9.59 Å². The molecule has 0 aromatic heterocycles. The second kappa shape index (κ2) is 6.05. The van der Waals surface area contributed by atoms with E-state index in [1.807, 2.05) is 31.2 Å². The highest BCUT2D eigenvalue weighted by molar-refractivity contribution is 5.89. The Balaban J connectivity index is 2.26. The normalized spacial score (nSPS) is 19.3. The third-order valence-electron chi connectivity index (χ3n) is 3.78. The van der Waals surface area contributed by atoms with E-state index >= 15 is 0 Å². The number of benzene rings is 1. The highest BCUT2D eigenvalue weighted by Gasteiger charge is 2.34. The van der Waals surface area contributed by atoms with Crippen molar-refractivity contribution in [3.05, 3.63) is 35.4 Å². The topological polar surface area (TPSA) is 89.4 Å². The van der Waals surface area contributed by atoms with Gasteiger partial charge in [0.05, 0.1) is 6.04 Å². The highest BCUT2D eigenvalue weighted by Crippen LogP contribution is 2.24. The van der Waals surface area contributed by atoms with Crippen LogP contribution < -0.4 is 11.5 Å². The molecular weight excluding hydrogens is 254 g/mol. The molecule has 0 spiro atoms. The van der Waals surface area contributed by atoms with Crippen molar-refractivity contribution in [2.45, 2.75) is 44.8 Å². The Bertz CT molecular complexity index is 516. The Morgan fingerprint density at radius 1 is 1.35 bits per heavy atom. The lowest BCUT2D eigenvalue weighted by Crippen LogP contribution is -2.55. The maximum Gasteiger partial charge on any atom is 0.240 e. The van der Waals surface area contributed by atoms with Crippen LogP contribution in [0.3, 0.4) is 0 Å². The molecule has 5 heteroatoms. The predicted octanol–water partition coefficient (Wildman–Crippen LogP) is 0.553. The average molecular weight is 275 g/mol. The standard InChI is InChI=1S/C15H21N3O2/c1-2-5-12(16)15(20)18-9-11-7-4-3-6-10(11)8-13(18)14(17)19/h3-4,6-7,12-13H,2,5,8-9,16H2,1H3,(H2,17,19)/t12-,13+/m0/s1. The number of carbonyl (C=O) groups is 2. The first kappa shape index (κ1) is 14.5. The van der Waals surface area contributed by atoms with Crippen LogP contribution in [-0.4, -0.2) is 28.8 Å². The molecule has 0 saturated carbocycles. The third-order valence-corrected chi connectivity index (χ3v) is 3.78. The molecule has 2 atom stereocenters. The number of rotatable bonds is 4. The van der Waals surface area contributed by atoms with Crippen molar-refractivity contribution in [3.8, 4) is 0 Å². The zero-order chi connectivity index (χ0) is 14.7. The molecule has 1 aliphatic rings. The first-order valence-electron chi connectivity index (χ1n) is 6.96. The van der Waals surface area contributed by atoms with Crippen LogP contribution in [0.15, 0.2) is 24.3 Å². The minimum Gasteiger partial charge on any atom is -0.368 e. The lowest BCUT2D eigenvalue weighted by Gasteiger charge is -2.36. The van der Waals surface area contributed by atoms with Crippen molar-refractivity contribution in [1.82, 2.24) is 4.90 Å². The number of nitrogens with two attached hydrogens (primary N) is 2. The Morgan fingerprint density at radius 2 is 2.00 bits per heavy atom. The van der Waals surface area contributed by atoms with Crippen LogP contribution in [0.5, 0.6) is 0 Å². The van der Waals surface area contributed by atoms with Gasteiger partial charge < -0.3 is 16.4 Å². The second-order valence-corrected chi connectivity index (χ2v) is 5.25. The van der Waals surface area contributed by atoms with E-state index < -0.39 is 18.0 Å². The van der Waals surface area contributed by atoms with E-state index in [2.05, 4.69) is 0 Å². The van der Waals surface area contributed by atoms with Gasteiger partial charge in [0.2, 0.25) is 11.8 Å². The molecule has 0 fully saturated rings. The van der Waals surface area contributed by atoms with Crippen LogP contribution in [0.1, 0.15) is 30.9 Å². The number of amides is 2. The molecule has 1 aromatic rings. The summed E-state index contributed by atoms with van der Waals surface area (Å²) in [6, 6.07) is 6.64. The van der Waals surface area contributed by atoms with Gasteiger partial charge in [-0.05, 0) is 17.5 Å². The number of carbonyl (C=O) groups excluding carboxylic acids is 2. The summed E-state index contributed by atoms with van der Waals surface area (Å²) in [4.78, 5) is 25.6. The zero-order valence-electron chi connectivity index (χ0n) is 11.7. The molecule has 0 saturated heterocycles. The van der Waals surface area contributed by atoms with Crippen molar-refractivity contribution in [3.63, 3.8) is 0 Å². The Morgan fingerprint density at radius 3 is 2.60 bits per heavy atom. The molecule has 2 amide bonds. The van der Waals surface area contributed by atoms with Crippen LogP contribution in [0.2, 0.25) is 0 Å². The molecule has 5 nitrogen and oxygen atoms in total. The molecular formula is C15H21N3O2. The molecule has 2 rings (SSSR count). The first-order valence-corrected chi connectivity index (χ1v) is 6.96. The van der Waals surface area contributed by atoms with Gasteiger partial charge in [-0.2, -0.15) is 0 Å². The Hall–Kier alpha value is -1.88. The molecule has 0 aliphatic carbocycles. The van der Waals surface area contributed by atoms with Gasteiger partial charge in [0.15, 0.2) is 0 Å². The van der Waals surface area contributed by atoms with E-state index in [1.54, 1.807) is 0 Å². The molecule has 0 bridgehead atoms. The van der Waals surface area contributed by atoms with Gasteiger partial charge in [0, 0.05) is 13.0 Å². The van der Waals surface area contributed by atoms with Gasteiger partial charge in [0.25, 0.3) is 0 Å². The lowest BCUT2D eigenvalue weighted by atomic mass is 9.92. The maximum absolute atomic E-state index is 12.4. The van der Waals surface area contributed by atoms with Gasteiger partial charge in [-0.15, -0.1) is 0 Å². The average Bonchev–Trinajstić information content (AvgIpc) is 2.45. The minimum absolute atomic E-state index is 0.190. The first-order chi connectivity index (χ1) is 9.54. The molecule has 4 N–H and O–H groups in total. The van der Waals surface area contributed by atoms with Crippen LogP contribution in [0, 0.1) is 0 Å². The fourth-order valence-corrected chi connectivity index (χ4v) is 2.66. The van der Waals surface area contributed by atoms with Crippen molar-refractivity contribution < 1.29 is 9.59 Å². The van der Waals surface area contributed by atoms with Crippen LogP contribution >= 0.6 is 0 Å². The third kappa shape index (κ3) is 2.82. The van der Waals surface area contributed by atoms with Crippen LogP contribution in [0.4, 0.5) is 0 Å². The van der Waals surface area contributed by atoms with Crippen molar-refractivity contribution >= 4 is 11.8 Å².